The molecule has 1 unspecified atom stereocenters. The highest BCUT2D eigenvalue weighted by molar-refractivity contribution is 5.98. The Kier molecular flexibility index (Phi) is 4.23. The van der Waals surface area contributed by atoms with Crippen LogP contribution in [0.1, 0.15) is 31.4 Å². The van der Waals surface area contributed by atoms with Crippen LogP contribution in [0.3, 0.4) is 0 Å². The van der Waals surface area contributed by atoms with E-state index in [4.69, 9.17) is 0 Å². The molecule has 2 aromatic carbocycles. The molecule has 0 radical (unpaired) electrons. The average molecular weight is 345 g/mol. The third-order valence-electron chi connectivity index (χ3n) is 5.62. The summed E-state index contributed by atoms with van der Waals surface area (Å²) in [6.07, 6.45) is 4.68. The molecule has 2 aromatic rings. The lowest BCUT2D eigenvalue weighted by Crippen LogP contribution is -2.36. The highest BCUT2D eigenvalue weighted by atomic mass is 16.1. The van der Waals surface area contributed by atoms with Gasteiger partial charge in [-0.05, 0) is 18.6 Å². The number of para-hydroxylation sites is 2. The normalized spacial score (nSPS) is 18.3. The number of allylic oxidation sites excluding steroid dienone is 2. The first-order chi connectivity index (χ1) is 12.6. The molecule has 2 heterocycles. The minimum atomic E-state index is -0.135. The molecule has 0 amide bonds. The number of nitrogens with zero attached hydrogens (tertiary/aromatic N) is 2. The molecule has 2 aliphatic heterocycles. The molecule has 0 saturated carbocycles. The van der Waals surface area contributed by atoms with Gasteiger partial charge in [0.25, 0.3) is 0 Å². The molecule has 0 aliphatic carbocycles. The van der Waals surface area contributed by atoms with Gasteiger partial charge < -0.3 is 4.90 Å². The predicted octanol–water partition coefficient (Wildman–Crippen LogP) is 4.27. The Morgan fingerprint density at radius 2 is 1.81 bits per heavy atom. The molecule has 2 aliphatic rings. The monoisotopic (exact) mass is 345 g/mol. The van der Waals surface area contributed by atoms with Crippen LogP contribution in [0.4, 0.5) is 11.4 Å². The van der Waals surface area contributed by atoms with Gasteiger partial charge in [-0.25, -0.2) is 0 Å². The van der Waals surface area contributed by atoms with Crippen molar-refractivity contribution >= 4 is 22.9 Å². The van der Waals surface area contributed by atoms with Crippen molar-refractivity contribution < 1.29 is 9.37 Å². The number of carbonyl (C=O) groups excluding carboxylic acids is 1. The van der Waals surface area contributed by atoms with Gasteiger partial charge in [0.15, 0.2) is 11.5 Å². The lowest BCUT2D eigenvalue weighted by atomic mass is 10.1. The van der Waals surface area contributed by atoms with Crippen molar-refractivity contribution in [3.05, 3.63) is 71.4 Å². The maximum Gasteiger partial charge on any atom is 0.208 e. The molecule has 0 fully saturated rings. The number of anilines is 1. The standard InChI is InChI=1S/C23H25N2O/c1-4-23(26)16(2)25-20(14-18-10-6-8-12-22(18)25)15-19-13-17-9-5-7-11-21(17)24(19)3/h5-12,15-16H,4,13-14H2,1-3H3/q+1. The second-order valence-electron chi connectivity index (χ2n) is 7.16. The van der Waals surface area contributed by atoms with Gasteiger partial charge in [-0.2, -0.15) is 4.58 Å². The van der Waals surface area contributed by atoms with Gasteiger partial charge in [0.2, 0.25) is 5.69 Å². The van der Waals surface area contributed by atoms with Crippen molar-refractivity contribution in [1.29, 1.82) is 0 Å². The van der Waals surface area contributed by atoms with Crippen molar-refractivity contribution in [1.82, 2.24) is 0 Å². The molecule has 4 rings (SSSR count). The molecule has 0 bridgehead atoms. The molecular formula is C23H25N2O+. The Labute approximate surface area is 155 Å². The molecule has 3 nitrogen and oxygen atoms in total. The van der Waals surface area contributed by atoms with E-state index in [9.17, 15) is 4.79 Å². The number of fused-ring (bicyclic) bond motifs is 2. The number of Topliss-reactive ketones (excluding diaryl/α,β-unsaturated/α-hetero) is 1. The Morgan fingerprint density at radius 1 is 1.12 bits per heavy atom. The summed E-state index contributed by atoms with van der Waals surface area (Å²) in [6.45, 7) is 3.97. The number of hydrogen-bond acceptors (Lipinski definition) is 2. The minimum absolute atomic E-state index is 0.135. The first kappa shape index (κ1) is 16.8. The van der Waals surface area contributed by atoms with E-state index in [0.29, 0.717) is 6.42 Å². The van der Waals surface area contributed by atoms with Gasteiger partial charge in [0.05, 0.1) is 12.5 Å². The van der Waals surface area contributed by atoms with E-state index in [1.807, 2.05) is 13.8 Å². The van der Waals surface area contributed by atoms with Gasteiger partial charge in [-0.15, -0.1) is 0 Å². The van der Waals surface area contributed by atoms with E-state index in [1.165, 1.54) is 33.9 Å². The van der Waals surface area contributed by atoms with Crippen LogP contribution in [0.25, 0.3) is 0 Å². The maximum absolute atomic E-state index is 12.4. The third kappa shape index (κ3) is 2.68. The number of hydrogen-bond donors (Lipinski definition) is 0. The van der Waals surface area contributed by atoms with Gasteiger partial charge in [-0.1, -0.05) is 43.3 Å². The molecule has 0 saturated heterocycles. The van der Waals surface area contributed by atoms with Gasteiger partial charge in [0.1, 0.15) is 7.05 Å². The van der Waals surface area contributed by atoms with Crippen LogP contribution in [0.2, 0.25) is 0 Å². The van der Waals surface area contributed by atoms with Gasteiger partial charge in [-0.3, -0.25) is 4.79 Å². The van der Waals surface area contributed by atoms with Gasteiger partial charge in [0, 0.05) is 41.9 Å². The van der Waals surface area contributed by atoms with Crippen LogP contribution in [0, 0.1) is 0 Å². The Morgan fingerprint density at radius 3 is 2.54 bits per heavy atom. The lowest BCUT2D eigenvalue weighted by Gasteiger charge is -2.27. The smallest absolute Gasteiger partial charge is 0.208 e. The lowest BCUT2D eigenvalue weighted by molar-refractivity contribution is -0.400. The summed E-state index contributed by atoms with van der Waals surface area (Å²) in [5.41, 5.74) is 7.62. The van der Waals surface area contributed by atoms with Crippen molar-refractivity contribution in [3.8, 4) is 0 Å². The Balaban J connectivity index is 1.75. The summed E-state index contributed by atoms with van der Waals surface area (Å²) in [6, 6.07) is 16.9. The number of benzene rings is 2. The van der Waals surface area contributed by atoms with E-state index in [2.05, 4.69) is 71.1 Å². The molecule has 132 valence electrons. The fourth-order valence-corrected chi connectivity index (χ4v) is 4.14. The predicted molar refractivity (Wildman–Crippen MR) is 106 cm³/mol. The van der Waals surface area contributed by atoms with E-state index in [0.717, 1.165) is 12.8 Å². The highest BCUT2D eigenvalue weighted by Crippen LogP contribution is 2.37. The Bertz CT molecular complexity index is 939. The SMILES string of the molecule is CCC(=O)C(C)N1C(=CC2=[N+](C)c3ccccc3C2)Cc2ccccc21. The molecule has 26 heavy (non-hydrogen) atoms. The van der Waals surface area contributed by atoms with Crippen LogP contribution in [-0.2, 0) is 17.6 Å². The molecule has 0 N–H and O–H groups in total. The summed E-state index contributed by atoms with van der Waals surface area (Å²) in [7, 11) is 2.13. The van der Waals surface area contributed by atoms with Crippen LogP contribution >= 0.6 is 0 Å². The van der Waals surface area contributed by atoms with E-state index in [-0.39, 0.29) is 11.8 Å². The molecule has 0 aromatic heterocycles. The summed E-state index contributed by atoms with van der Waals surface area (Å²) in [5, 5.41) is 0. The number of carbonyl (C=O) groups is 1. The quantitative estimate of drug-likeness (QED) is 0.773. The first-order valence-electron chi connectivity index (χ1n) is 9.38. The molecular weight excluding hydrogens is 320 g/mol. The third-order valence-corrected chi connectivity index (χ3v) is 5.62. The second-order valence-corrected chi connectivity index (χ2v) is 7.16. The van der Waals surface area contributed by atoms with Crippen molar-refractivity contribution in [2.45, 2.75) is 39.2 Å². The largest absolute Gasteiger partial charge is 0.334 e. The zero-order valence-electron chi connectivity index (χ0n) is 15.7. The highest BCUT2D eigenvalue weighted by Gasteiger charge is 2.33. The summed E-state index contributed by atoms with van der Waals surface area (Å²) in [4.78, 5) is 14.7. The minimum Gasteiger partial charge on any atom is -0.334 e. The number of ketones is 1. The zero-order chi connectivity index (χ0) is 18.3. The fraction of sp³-hybridized carbons (Fsp3) is 0.304. The van der Waals surface area contributed by atoms with E-state index < -0.39 is 0 Å². The van der Waals surface area contributed by atoms with Crippen LogP contribution in [-0.4, -0.2) is 29.2 Å². The summed E-state index contributed by atoms with van der Waals surface area (Å²) < 4.78 is 2.27. The van der Waals surface area contributed by atoms with Crippen LogP contribution in [0.5, 0.6) is 0 Å². The first-order valence-corrected chi connectivity index (χ1v) is 9.38. The summed E-state index contributed by atoms with van der Waals surface area (Å²) >= 11 is 0. The van der Waals surface area contributed by atoms with Crippen LogP contribution < -0.4 is 4.90 Å². The molecule has 1 atom stereocenters. The topological polar surface area (TPSA) is 23.3 Å². The van der Waals surface area contributed by atoms with Crippen molar-refractivity contribution in [3.63, 3.8) is 0 Å². The second kappa shape index (κ2) is 6.56. The fourth-order valence-electron chi connectivity index (χ4n) is 4.14. The van der Waals surface area contributed by atoms with Gasteiger partial charge >= 0.3 is 0 Å². The van der Waals surface area contributed by atoms with E-state index >= 15 is 0 Å². The van der Waals surface area contributed by atoms with E-state index in [1.54, 1.807) is 0 Å². The zero-order valence-corrected chi connectivity index (χ0v) is 15.7. The molecule has 3 heteroatoms. The molecule has 0 spiro atoms. The average Bonchev–Trinajstić information content (AvgIpc) is 3.18. The Hall–Kier alpha value is -2.68. The summed E-state index contributed by atoms with van der Waals surface area (Å²) in [5.74, 6) is 0.278. The maximum atomic E-state index is 12.4. The number of rotatable bonds is 4. The van der Waals surface area contributed by atoms with Crippen LogP contribution in [0.15, 0.2) is 60.3 Å². The van der Waals surface area contributed by atoms with Crippen molar-refractivity contribution in [2.24, 2.45) is 0 Å². The van der Waals surface area contributed by atoms with Crippen molar-refractivity contribution in [2.75, 3.05) is 11.9 Å².